The number of hydrogen-bond donors (Lipinski definition) is 22. The Labute approximate surface area is 527 Å². The Kier molecular flexibility index (Phi) is 25.0. The minimum atomic E-state index is -2.22. The number of aliphatic hydroxyl groups is 20. The Bertz CT molecular complexity index is 2660. The van der Waals surface area contributed by atoms with Gasteiger partial charge in [-0.2, -0.15) is 0 Å². The number of aliphatic hydroxyl groups excluding tert-OH is 20. The molecule has 38 nitrogen and oxygen atoms in total. The molecule has 35 atom stereocenters. The molecule has 1 aromatic heterocycles. The van der Waals surface area contributed by atoms with Crippen LogP contribution in [0.15, 0.2) is 29.1 Å². The van der Waals surface area contributed by atoms with E-state index in [0.717, 1.165) is 4.26 Å². The molecule has 21 saturated heterocycles. The first-order valence-corrected chi connectivity index (χ1v) is 31.5. The summed E-state index contributed by atoms with van der Waals surface area (Å²) in [6.07, 6.45) is -69.9. The van der Waals surface area contributed by atoms with E-state index in [1.165, 1.54) is 0 Å². The summed E-state index contributed by atoms with van der Waals surface area (Å²) in [5.74, 6) is 0. The fourth-order valence-electron chi connectivity index (χ4n) is 12.3. The average Bonchev–Trinajstić information content (AvgIpc) is 1.21. The van der Waals surface area contributed by atoms with Crippen molar-refractivity contribution in [2.24, 2.45) is 0 Å². The number of rotatable bonds is 14. The van der Waals surface area contributed by atoms with Crippen molar-refractivity contribution in [1.82, 2.24) is 14.2 Å². The van der Waals surface area contributed by atoms with Crippen molar-refractivity contribution >= 4 is 24.4 Å². The van der Waals surface area contributed by atoms with Crippen LogP contribution in [0, 0.1) is 0 Å². The van der Waals surface area contributed by atoms with Gasteiger partial charge in [0.2, 0.25) is 0 Å². The molecule has 21 aliphatic rings. The van der Waals surface area contributed by atoms with Crippen molar-refractivity contribution in [2.75, 3.05) is 65.8 Å². The first-order valence-electron chi connectivity index (χ1n) is 29.9. The van der Waals surface area contributed by atoms with Crippen LogP contribution in [0.2, 0.25) is 0 Å². The predicted molar refractivity (Wildman–Crippen MR) is 292 cm³/mol. The van der Waals surface area contributed by atoms with Gasteiger partial charge in [-0.15, -0.1) is 0 Å². The number of aromatic nitrogens is 1. The second-order valence-electron chi connectivity index (χ2n) is 23.4. The summed E-state index contributed by atoms with van der Waals surface area (Å²) >= 11 is -0.220. The normalized spacial score (nSPS) is 48.3. The van der Waals surface area contributed by atoms with Gasteiger partial charge in [0.1, 0.15) is 146 Å². The van der Waals surface area contributed by atoms with Crippen LogP contribution in [0.3, 0.4) is 0 Å². The number of fused-ring (bicyclic) bond motifs is 1. The van der Waals surface area contributed by atoms with Crippen molar-refractivity contribution in [2.45, 2.75) is 221 Å². The molecular formula is C53H83N3O35Se. The molecule has 0 amide bonds. The molecule has 23 rings (SSSR count). The SMILES string of the molecule is O=c1c2ccccc2[se]n1CCNCCNC[C@H]1O[C@@H]2O[C@H]3[C@H](O)[C@@H](O)[C@@H](O[C@H]4[C@H](O)[C@@H](O)[C@@H](O[C@H]5[C@H](O)[C@@H](O)[C@@H](O[C@H]6[C@H](O)[C@@H](O)[C@@H](O[C@H]7[C@H](O)[C@@H](O)[C@@H](O[C@H]8[C@H](O)[C@@H](O)[C@@H](O[C@H]1[C@H](O)[C@H]2O)O[C@@H]8CO)O[C@@H]7CO)O[C@@H]6CO)O[C@@H]5CO)O[C@@H]4CO)O[C@@H]3CO. The first-order chi connectivity index (χ1) is 44.1. The van der Waals surface area contributed by atoms with Gasteiger partial charge in [-0.05, 0) is 0 Å². The fourth-order valence-corrected chi connectivity index (χ4v) is 14.4. The standard InChI is InChI=1S/C53H83N3O35Se/c57-10-18-40-27(65)34(72)49(80-18)88-42-20(12-59)82-51(36(74)29(42)67)90-44-22(14-61)84-53(38(76)31(44)69)91-45-23(15-62)83-52(37(75)30(45)68)89-43-21(13-60)81-50(35(73)28(43)66)87-41-19(11-58)79-48(33(71)26(41)64)85-39-17(78-47(86-40)32(70)25(39)63)9-55-6-5-54-7-8-56-46(77)16-3-1-2-4-24(16)92-56/h1-4,17-23,25-45,47-55,57-76H,5-15H2/t17-,18-,19-,20-,21-,22-,23-,25-,26-,27-,28-,29-,30-,31-,32-,33-,34-,35-,36-,37-,38-,39-,40-,41-,42-,43-,44-,45-,47-,48-,49-,50-,51-,52-,53-/m1/s1. The van der Waals surface area contributed by atoms with Gasteiger partial charge >= 0.3 is 162 Å². The van der Waals surface area contributed by atoms with E-state index < -0.39 is 255 Å². The zero-order chi connectivity index (χ0) is 66.1. The molecule has 92 heavy (non-hydrogen) atoms. The van der Waals surface area contributed by atoms with Crippen LogP contribution in [-0.4, -0.2) is 401 Å². The minimum Gasteiger partial charge on any atom is -0.394 e. The smallest absolute Gasteiger partial charge is 0.394 e. The summed E-state index contributed by atoms with van der Waals surface area (Å²) in [7, 11) is 0. The maximum atomic E-state index is 12.9. The van der Waals surface area contributed by atoms with E-state index in [-0.39, 0.29) is 39.9 Å². The van der Waals surface area contributed by atoms with E-state index in [1.54, 1.807) is 15.7 Å². The van der Waals surface area contributed by atoms with E-state index in [2.05, 4.69) is 10.6 Å². The summed E-state index contributed by atoms with van der Waals surface area (Å²) in [6, 6.07) is 7.29. The van der Waals surface area contributed by atoms with Gasteiger partial charge in [-0.1, -0.05) is 0 Å². The van der Waals surface area contributed by atoms with E-state index in [4.69, 9.17) is 66.3 Å². The molecule has 14 bridgehead atoms. The topological polar surface area (TPSA) is 580 Å². The molecule has 0 aliphatic carbocycles. The van der Waals surface area contributed by atoms with E-state index in [0.29, 0.717) is 18.5 Å². The van der Waals surface area contributed by atoms with Crippen LogP contribution >= 0.6 is 0 Å². The van der Waals surface area contributed by atoms with Crippen molar-refractivity contribution in [3.8, 4) is 0 Å². The number of nitrogens with zero attached hydrogens (tertiary/aromatic N) is 1. The molecule has 526 valence electrons. The second-order valence-corrected chi connectivity index (χ2v) is 25.6. The molecule has 39 heteroatoms. The van der Waals surface area contributed by atoms with Crippen LogP contribution < -0.4 is 16.2 Å². The Hall–Kier alpha value is -2.23. The van der Waals surface area contributed by atoms with Crippen molar-refractivity contribution in [3.63, 3.8) is 0 Å². The van der Waals surface area contributed by atoms with E-state index in [1.807, 2.05) is 12.1 Å². The number of ether oxygens (including phenoxy) is 14. The van der Waals surface area contributed by atoms with Crippen LogP contribution in [0.4, 0.5) is 0 Å². The maximum absolute atomic E-state index is 12.9. The van der Waals surface area contributed by atoms with Crippen LogP contribution in [0.1, 0.15) is 0 Å². The van der Waals surface area contributed by atoms with Gasteiger partial charge in [0.25, 0.3) is 0 Å². The Morgan fingerprint density at radius 2 is 0.576 bits per heavy atom. The number of hydrogen-bond acceptors (Lipinski definition) is 37. The van der Waals surface area contributed by atoms with Gasteiger partial charge in [0.05, 0.1) is 39.6 Å². The minimum absolute atomic E-state index is 0.0919. The molecule has 0 unspecified atom stereocenters. The quantitative estimate of drug-likeness (QED) is 0.0617. The third-order valence-corrected chi connectivity index (χ3v) is 19.8. The predicted octanol–water partition coefficient (Wildman–Crippen LogP) is -15.0. The molecule has 0 spiro atoms. The molecule has 22 N–H and O–H groups in total. The van der Waals surface area contributed by atoms with Crippen molar-refractivity contribution < 1.29 is 168 Å². The van der Waals surface area contributed by atoms with Crippen LogP contribution in [0.5, 0.6) is 0 Å². The first kappa shape index (κ1) is 72.5. The van der Waals surface area contributed by atoms with Gasteiger partial charge < -0.3 is 149 Å². The van der Waals surface area contributed by atoms with E-state index in [9.17, 15) is 107 Å². The molecule has 1 aromatic carbocycles. The molecule has 2 aromatic rings. The van der Waals surface area contributed by atoms with Gasteiger partial charge in [0, 0.05) is 0 Å². The summed E-state index contributed by atoms with van der Waals surface area (Å²) < 4.78 is 84.3. The van der Waals surface area contributed by atoms with Gasteiger partial charge in [-0.3, -0.25) is 0 Å². The molecule has 21 aliphatic heterocycles. The number of benzene rings is 1. The summed E-state index contributed by atoms with van der Waals surface area (Å²) in [5.41, 5.74) is -0.0919. The van der Waals surface area contributed by atoms with Crippen LogP contribution in [-0.2, 0) is 72.9 Å². The summed E-state index contributed by atoms with van der Waals surface area (Å²) in [6.45, 7) is -5.34. The molecule has 0 saturated carbocycles. The Morgan fingerprint density at radius 3 is 0.848 bits per heavy atom. The van der Waals surface area contributed by atoms with E-state index >= 15 is 0 Å². The molecular weight excluding hydrogens is 1320 g/mol. The van der Waals surface area contributed by atoms with Crippen molar-refractivity contribution in [1.29, 1.82) is 0 Å². The second kappa shape index (κ2) is 31.7. The zero-order valence-corrected chi connectivity index (χ0v) is 50.4. The third-order valence-electron chi connectivity index (χ3n) is 17.5. The van der Waals surface area contributed by atoms with Gasteiger partial charge in [0.15, 0.2) is 31.5 Å². The zero-order valence-electron chi connectivity index (χ0n) is 48.7. The summed E-state index contributed by atoms with van der Waals surface area (Å²) in [5, 5.41) is 231. The molecule has 0 radical (unpaired) electrons. The number of nitrogens with one attached hydrogen (secondary N) is 2. The summed E-state index contributed by atoms with van der Waals surface area (Å²) in [4.78, 5) is 12.9. The van der Waals surface area contributed by atoms with Gasteiger partial charge in [-0.25, -0.2) is 0 Å². The fraction of sp³-hybridized carbons (Fsp3) is 0.868. The molecule has 22 heterocycles. The monoisotopic (exact) mass is 1400 g/mol. The van der Waals surface area contributed by atoms with Crippen LogP contribution in [0.25, 0.3) is 9.65 Å². The molecule has 21 fully saturated rings. The Morgan fingerprint density at radius 1 is 0.326 bits per heavy atom. The Balaban J connectivity index is 0.907. The average molecular weight is 1400 g/mol. The van der Waals surface area contributed by atoms with Crippen molar-refractivity contribution in [3.05, 3.63) is 34.6 Å². The third kappa shape index (κ3) is 14.9.